The SMILES string of the molecule is COc1ccccc1Nc1ncnc(NC(c2ccccc2)c2ccccc2)c1[N+](=O)[O-]. The number of nitrogens with one attached hydrogen (secondary N) is 2. The van der Waals surface area contributed by atoms with Crippen molar-refractivity contribution in [2.24, 2.45) is 0 Å². The molecular weight excluding hydrogens is 406 g/mol. The van der Waals surface area contributed by atoms with Gasteiger partial charge in [0.1, 0.15) is 12.1 Å². The predicted molar refractivity (Wildman–Crippen MR) is 123 cm³/mol. The number of aromatic nitrogens is 2. The van der Waals surface area contributed by atoms with Crippen LogP contribution in [0.25, 0.3) is 0 Å². The van der Waals surface area contributed by atoms with E-state index in [-0.39, 0.29) is 23.4 Å². The van der Waals surface area contributed by atoms with Crippen molar-refractivity contribution in [2.45, 2.75) is 6.04 Å². The first kappa shape index (κ1) is 20.8. The summed E-state index contributed by atoms with van der Waals surface area (Å²) in [4.78, 5) is 19.9. The number of benzene rings is 3. The predicted octanol–water partition coefficient (Wildman–Crippen LogP) is 5.34. The lowest BCUT2D eigenvalue weighted by molar-refractivity contribution is -0.383. The molecule has 8 nitrogen and oxygen atoms in total. The fraction of sp³-hybridized carbons (Fsp3) is 0.0833. The zero-order valence-corrected chi connectivity index (χ0v) is 17.3. The molecule has 160 valence electrons. The standard InChI is InChI=1S/C24H21N5O3/c1-32-20-15-9-8-14-19(20)27-23-22(29(30)31)24(26-16-25-23)28-21(17-10-4-2-5-11-17)18-12-6-3-7-13-18/h2-16,21H,1H3,(H2,25,26,27,28). The monoisotopic (exact) mass is 427 g/mol. The highest BCUT2D eigenvalue weighted by atomic mass is 16.6. The summed E-state index contributed by atoms with van der Waals surface area (Å²) >= 11 is 0. The second-order valence-corrected chi connectivity index (χ2v) is 6.90. The van der Waals surface area contributed by atoms with E-state index in [0.717, 1.165) is 11.1 Å². The summed E-state index contributed by atoms with van der Waals surface area (Å²) in [6.07, 6.45) is 1.29. The molecule has 3 aromatic carbocycles. The molecule has 1 heterocycles. The first-order valence-electron chi connectivity index (χ1n) is 9.93. The van der Waals surface area contributed by atoms with E-state index in [0.29, 0.717) is 11.4 Å². The maximum absolute atomic E-state index is 12.1. The Kier molecular flexibility index (Phi) is 6.22. The molecule has 0 radical (unpaired) electrons. The van der Waals surface area contributed by atoms with Crippen LogP contribution in [0.2, 0.25) is 0 Å². The van der Waals surface area contributed by atoms with E-state index in [9.17, 15) is 10.1 Å². The number of methoxy groups -OCH3 is 1. The summed E-state index contributed by atoms with van der Waals surface area (Å²) in [5.74, 6) is 0.721. The van der Waals surface area contributed by atoms with Gasteiger partial charge in [0.2, 0.25) is 11.6 Å². The van der Waals surface area contributed by atoms with Crippen LogP contribution in [0.1, 0.15) is 17.2 Å². The number of anilines is 3. The van der Waals surface area contributed by atoms with Crippen molar-refractivity contribution < 1.29 is 9.66 Å². The fourth-order valence-electron chi connectivity index (χ4n) is 3.41. The van der Waals surface area contributed by atoms with Crippen LogP contribution in [0.3, 0.4) is 0 Å². The summed E-state index contributed by atoms with van der Waals surface area (Å²) in [7, 11) is 1.53. The Hall–Kier alpha value is -4.46. The van der Waals surface area contributed by atoms with E-state index in [1.165, 1.54) is 13.4 Å². The highest BCUT2D eigenvalue weighted by molar-refractivity contribution is 5.76. The van der Waals surface area contributed by atoms with E-state index >= 15 is 0 Å². The van der Waals surface area contributed by atoms with Gasteiger partial charge in [0, 0.05) is 0 Å². The quantitative estimate of drug-likeness (QED) is 0.289. The number of ether oxygens (including phenoxy) is 1. The molecule has 0 aliphatic carbocycles. The Morgan fingerprint density at radius 3 is 2.00 bits per heavy atom. The Morgan fingerprint density at radius 2 is 1.41 bits per heavy atom. The summed E-state index contributed by atoms with van der Waals surface area (Å²) in [6.45, 7) is 0. The maximum Gasteiger partial charge on any atom is 0.353 e. The summed E-state index contributed by atoms with van der Waals surface area (Å²) in [5.41, 5.74) is 2.21. The summed E-state index contributed by atoms with van der Waals surface area (Å²) in [6, 6.07) is 26.2. The highest BCUT2D eigenvalue weighted by Crippen LogP contribution is 2.36. The molecule has 1 aromatic heterocycles. The molecule has 0 spiro atoms. The largest absolute Gasteiger partial charge is 0.495 e. The van der Waals surface area contributed by atoms with Crippen molar-refractivity contribution in [1.82, 2.24) is 9.97 Å². The van der Waals surface area contributed by atoms with Gasteiger partial charge < -0.3 is 15.4 Å². The third-order valence-corrected chi connectivity index (χ3v) is 4.91. The molecule has 0 atom stereocenters. The van der Waals surface area contributed by atoms with Gasteiger partial charge >= 0.3 is 5.69 Å². The number of para-hydroxylation sites is 2. The van der Waals surface area contributed by atoms with Crippen LogP contribution in [-0.4, -0.2) is 22.0 Å². The van der Waals surface area contributed by atoms with Gasteiger partial charge in [0.15, 0.2) is 0 Å². The number of nitro groups is 1. The molecule has 8 heteroatoms. The van der Waals surface area contributed by atoms with Crippen LogP contribution in [0.4, 0.5) is 23.0 Å². The van der Waals surface area contributed by atoms with Gasteiger partial charge in [-0.3, -0.25) is 10.1 Å². The lowest BCUT2D eigenvalue weighted by atomic mass is 9.99. The molecule has 0 saturated heterocycles. The van der Waals surface area contributed by atoms with Gasteiger partial charge in [-0.25, -0.2) is 9.97 Å². The summed E-state index contributed by atoms with van der Waals surface area (Å²) < 4.78 is 5.34. The number of nitrogens with zero attached hydrogens (tertiary/aromatic N) is 3. The lowest BCUT2D eigenvalue weighted by Gasteiger charge is -2.21. The van der Waals surface area contributed by atoms with Gasteiger partial charge in [-0.2, -0.15) is 0 Å². The Bertz CT molecular complexity index is 1160. The van der Waals surface area contributed by atoms with Gasteiger partial charge in [-0.05, 0) is 23.3 Å². The molecule has 2 N–H and O–H groups in total. The van der Waals surface area contributed by atoms with Crippen LogP contribution in [0.5, 0.6) is 5.75 Å². The normalized spacial score (nSPS) is 10.6. The minimum Gasteiger partial charge on any atom is -0.495 e. The average molecular weight is 427 g/mol. The van der Waals surface area contributed by atoms with Gasteiger partial charge in [0.25, 0.3) is 0 Å². The van der Waals surface area contributed by atoms with Crippen molar-refractivity contribution in [3.05, 3.63) is 112 Å². The Labute approximate surface area is 185 Å². The van der Waals surface area contributed by atoms with Crippen molar-refractivity contribution >= 4 is 23.0 Å². The van der Waals surface area contributed by atoms with Crippen molar-refractivity contribution in [1.29, 1.82) is 0 Å². The van der Waals surface area contributed by atoms with E-state index in [4.69, 9.17) is 4.74 Å². The maximum atomic E-state index is 12.1. The van der Waals surface area contributed by atoms with Crippen LogP contribution in [-0.2, 0) is 0 Å². The molecule has 0 fully saturated rings. The van der Waals surface area contributed by atoms with Crippen LogP contribution >= 0.6 is 0 Å². The third-order valence-electron chi connectivity index (χ3n) is 4.91. The molecule has 4 rings (SSSR count). The average Bonchev–Trinajstić information content (AvgIpc) is 2.84. The Morgan fingerprint density at radius 1 is 0.844 bits per heavy atom. The van der Waals surface area contributed by atoms with Gasteiger partial charge in [-0.15, -0.1) is 0 Å². The zero-order valence-electron chi connectivity index (χ0n) is 17.3. The van der Waals surface area contributed by atoms with Crippen molar-refractivity contribution in [2.75, 3.05) is 17.7 Å². The minimum atomic E-state index is -0.493. The molecule has 0 unspecified atom stereocenters. The van der Waals surface area contributed by atoms with Crippen LogP contribution in [0.15, 0.2) is 91.3 Å². The first-order chi connectivity index (χ1) is 15.7. The van der Waals surface area contributed by atoms with E-state index < -0.39 is 4.92 Å². The molecule has 0 bridgehead atoms. The second kappa shape index (κ2) is 9.57. The number of hydrogen-bond donors (Lipinski definition) is 2. The van der Waals surface area contributed by atoms with Gasteiger partial charge in [-0.1, -0.05) is 72.8 Å². The fourth-order valence-corrected chi connectivity index (χ4v) is 3.41. The number of rotatable bonds is 8. The Balaban J connectivity index is 1.76. The van der Waals surface area contributed by atoms with Crippen LogP contribution in [0, 0.1) is 10.1 Å². The minimum absolute atomic E-state index is 0.0665. The van der Waals surface area contributed by atoms with E-state index in [1.807, 2.05) is 66.7 Å². The van der Waals surface area contributed by atoms with Crippen LogP contribution < -0.4 is 15.4 Å². The molecule has 0 aliphatic rings. The van der Waals surface area contributed by atoms with Crippen molar-refractivity contribution in [3.8, 4) is 5.75 Å². The lowest BCUT2D eigenvalue weighted by Crippen LogP contribution is -2.15. The molecule has 4 aromatic rings. The molecule has 0 amide bonds. The molecule has 0 aliphatic heterocycles. The van der Waals surface area contributed by atoms with Gasteiger partial charge in [0.05, 0.1) is 23.8 Å². The second-order valence-electron chi connectivity index (χ2n) is 6.90. The van der Waals surface area contributed by atoms with E-state index in [2.05, 4.69) is 20.6 Å². The third kappa shape index (κ3) is 4.49. The molecular formula is C24H21N5O3. The molecule has 32 heavy (non-hydrogen) atoms. The zero-order chi connectivity index (χ0) is 22.3. The smallest absolute Gasteiger partial charge is 0.353 e. The highest BCUT2D eigenvalue weighted by Gasteiger charge is 2.26. The first-order valence-corrected chi connectivity index (χ1v) is 9.93. The molecule has 0 saturated carbocycles. The number of hydrogen-bond acceptors (Lipinski definition) is 7. The summed E-state index contributed by atoms with van der Waals surface area (Å²) in [5, 5.41) is 18.3. The van der Waals surface area contributed by atoms with E-state index in [1.54, 1.807) is 18.2 Å². The topological polar surface area (TPSA) is 102 Å². The van der Waals surface area contributed by atoms with Crippen molar-refractivity contribution in [3.63, 3.8) is 0 Å².